The number of imidazole rings is 1. The summed E-state index contributed by atoms with van der Waals surface area (Å²) in [5, 5.41) is 0. The topological polar surface area (TPSA) is 138 Å². The number of aromatic amines is 1. The fraction of sp³-hybridized carbons (Fsp3) is 0.864. The third kappa shape index (κ3) is 24.2. The second kappa shape index (κ2) is 14.0. The normalized spacial score (nSPS) is 16.1. The molecule has 0 spiro atoms. The van der Waals surface area contributed by atoms with Crippen LogP contribution in [0.15, 0.2) is 12.4 Å². The number of rotatable bonds is 7. The van der Waals surface area contributed by atoms with E-state index in [0.717, 1.165) is 19.3 Å². The molecule has 0 aliphatic rings. The van der Waals surface area contributed by atoms with Gasteiger partial charge in [0.2, 0.25) is 0 Å². The lowest BCUT2D eigenvalue weighted by Gasteiger charge is -2.26. The van der Waals surface area contributed by atoms with Gasteiger partial charge in [0.25, 0.3) is 5.82 Å². The van der Waals surface area contributed by atoms with Crippen LogP contribution < -0.4 is 9.46 Å². The zero-order chi connectivity index (χ0) is 26.0. The van der Waals surface area contributed by atoms with Crippen LogP contribution in [0.25, 0.3) is 0 Å². The smallest absolute Gasteiger partial charge is 0.325 e. The Hall–Kier alpha value is -0.490. The number of H-pyrrole nitrogens is 1. The first kappa shape index (κ1) is 33.7. The molecule has 3 atom stereocenters. The standard InChI is InChI=1S/2C8H19O3P.C6H10N2/c2*1-7(5-8(2,3)4)6-12(9,10)11;1-3-6-7-4-5-8(6)2/h2*7H,5-6H2,1-4H3,(H2,9,10,11);4-5H,3H2,1-2H3. The van der Waals surface area contributed by atoms with Gasteiger partial charge in [-0.3, -0.25) is 4.57 Å². The first-order chi connectivity index (χ1) is 14.0. The summed E-state index contributed by atoms with van der Waals surface area (Å²) < 4.78 is 23.2. The molecule has 192 valence electrons. The van der Waals surface area contributed by atoms with Gasteiger partial charge in [0.15, 0.2) is 0 Å². The molecule has 1 aromatic heterocycles. The lowest BCUT2D eigenvalue weighted by atomic mass is 9.86. The maximum atomic E-state index is 10.6. The number of aryl methyl sites for hydroxylation is 2. The van der Waals surface area contributed by atoms with Crippen LogP contribution in [0.3, 0.4) is 0 Å². The molecule has 1 rings (SSSR count). The van der Waals surface area contributed by atoms with Crippen molar-refractivity contribution in [2.24, 2.45) is 29.7 Å². The highest BCUT2D eigenvalue weighted by atomic mass is 31.2. The highest BCUT2D eigenvalue weighted by molar-refractivity contribution is 7.51. The maximum Gasteiger partial charge on any atom is 0.325 e. The summed E-state index contributed by atoms with van der Waals surface area (Å²) in [6.07, 6.45) is 6.58. The molecule has 0 aromatic carbocycles. The minimum atomic E-state index is -4.06. The molecule has 1 heterocycles. The van der Waals surface area contributed by atoms with Crippen LogP contribution in [0.2, 0.25) is 0 Å². The van der Waals surface area contributed by atoms with Crippen molar-refractivity contribution < 1.29 is 33.3 Å². The SMILES string of the molecule is CC(CC(C)(C)C)CP(=O)(O)O.CC(CC(C)(C)C)CP(=O)([O-])O.CCc1[nH]cc[n+]1C. The molecule has 4 N–H and O–H groups in total. The fourth-order valence-electron chi connectivity index (χ4n) is 3.81. The highest BCUT2D eigenvalue weighted by Crippen LogP contribution is 2.39. The van der Waals surface area contributed by atoms with Crippen LogP contribution in [-0.4, -0.2) is 32.0 Å². The Labute approximate surface area is 195 Å². The van der Waals surface area contributed by atoms with Crippen molar-refractivity contribution in [3.63, 3.8) is 0 Å². The molecule has 0 amide bonds. The van der Waals surface area contributed by atoms with Crippen molar-refractivity contribution in [2.45, 2.75) is 81.6 Å². The van der Waals surface area contributed by atoms with Gasteiger partial charge in [0.1, 0.15) is 20.0 Å². The van der Waals surface area contributed by atoms with Gasteiger partial charge in [-0.2, -0.15) is 0 Å². The van der Waals surface area contributed by atoms with E-state index in [2.05, 4.69) is 58.0 Å². The molecule has 1 aromatic rings. The van der Waals surface area contributed by atoms with Crippen LogP contribution in [0.4, 0.5) is 0 Å². The van der Waals surface area contributed by atoms with Crippen LogP contribution in [0.1, 0.15) is 81.0 Å². The molecule has 8 nitrogen and oxygen atoms in total. The Balaban J connectivity index is 0. The Morgan fingerprint density at radius 1 is 0.969 bits per heavy atom. The van der Waals surface area contributed by atoms with Gasteiger partial charge in [0, 0.05) is 12.6 Å². The largest absolute Gasteiger partial charge is 0.779 e. The van der Waals surface area contributed by atoms with Crippen LogP contribution in [0, 0.1) is 22.7 Å². The summed E-state index contributed by atoms with van der Waals surface area (Å²) in [6.45, 7) is 18.2. The molecular formula is C22H48N2O6P2. The number of hydrogen-bond donors (Lipinski definition) is 4. The predicted octanol–water partition coefficient (Wildman–Crippen LogP) is 4.24. The zero-order valence-electron chi connectivity index (χ0n) is 21.8. The quantitative estimate of drug-likeness (QED) is 0.328. The molecule has 0 aliphatic carbocycles. The summed E-state index contributed by atoms with van der Waals surface area (Å²) >= 11 is 0. The minimum Gasteiger partial charge on any atom is -0.779 e. The van der Waals surface area contributed by atoms with Gasteiger partial charge < -0.3 is 24.1 Å². The van der Waals surface area contributed by atoms with Gasteiger partial charge in [-0.05, 0) is 35.5 Å². The van der Waals surface area contributed by atoms with Gasteiger partial charge in [-0.1, -0.05) is 62.3 Å². The molecule has 0 fully saturated rings. The van der Waals surface area contributed by atoms with Crippen molar-refractivity contribution in [1.82, 2.24) is 4.98 Å². The van der Waals surface area contributed by atoms with Crippen LogP contribution >= 0.6 is 15.2 Å². The molecule has 0 aliphatic heterocycles. The number of hydrogen-bond acceptors (Lipinski definition) is 3. The molecule has 0 bridgehead atoms. The van der Waals surface area contributed by atoms with E-state index in [9.17, 15) is 14.0 Å². The summed E-state index contributed by atoms with van der Waals surface area (Å²) in [7, 11) is -5.83. The number of nitrogens with one attached hydrogen (secondary N) is 1. The molecule has 0 saturated carbocycles. The van der Waals surface area contributed by atoms with Crippen molar-refractivity contribution in [1.29, 1.82) is 0 Å². The Morgan fingerprint density at radius 3 is 1.59 bits per heavy atom. The maximum absolute atomic E-state index is 10.6. The third-order valence-electron chi connectivity index (χ3n) is 4.32. The fourth-order valence-corrected chi connectivity index (χ4v) is 5.67. The predicted molar refractivity (Wildman–Crippen MR) is 129 cm³/mol. The number of nitrogens with zero attached hydrogens (tertiary/aromatic N) is 1. The van der Waals surface area contributed by atoms with E-state index < -0.39 is 15.2 Å². The second-order valence-corrected chi connectivity index (χ2v) is 14.6. The van der Waals surface area contributed by atoms with E-state index >= 15 is 0 Å². The second-order valence-electron chi connectivity index (χ2n) is 11.3. The van der Waals surface area contributed by atoms with Gasteiger partial charge in [-0.15, -0.1) is 0 Å². The van der Waals surface area contributed by atoms with E-state index in [0.29, 0.717) is 0 Å². The average molecular weight is 499 g/mol. The molecule has 32 heavy (non-hydrogen) atoms. The van der Waals surface area contributed by atoms with E-state index in [1.165, 1.54) is 5.82 Å². The van der Waals surface area contributed by atoms with Crippen LogP contribution in [-0.2, 0) is 22.6 Å². The first-order valence-corrected chi connectivity index (χ1v) is 14.7. The Bertz CT molecular complexity index is 684. The average Bonchev–Trinajstić information content (AvgIpc) is 2.85. The monoisotopic (exact) mass is 498 g/mol. The highest BCUT2D eigenvalue weighted by Gasteiger charge is 2.22. The van der Waals surface area contributed by atoms with Crippen molar-refractivity contribution in [2.75, 3.05) is 12.3 Å². The van der Waals surface area contributed by atoms with E-state index in [1.807, 2.05) is 33.3 Å². The van der Waals surface area contributed by atoms with Crippen LogP contribution in [0.5, 0.6) is 0 Å². The molecular weight excluding hydrogens is 450 g/mol. The van der Waals surface area contributed by atoms with Gasteiger partial charge in [0.05, 0.1) is 13.2 Å². The minimum absolute atomic E-state index is 0.00424. The summed E-state index contributed by atoms with van der Waals surface area (Å²) in [6, 6.07) is 0. The molecule has 3 unspecified atom stereocenters. The van der Waals surface area contributed by atoms with E-state index in [4.69, 9.17) is 14.7 Å². The van der Waals surface area contributed by atoms with Gasteiger partial charge >= 0.3 is 7.60 Å². The number of aromatic nitrogens is 2. The molecule has 0 saturated heterocycles. The summed E-state index contributed by atoms with van der Waals surface area (Å²) in [5.41, 5.74) is 0.267. The van der Waals surface area contributed by atoms with Gasteiger partial charge in [-0.25, -0.2) is 9.55 Å². The third-order valence-corrected chi connectivity index (χ3v) is 6.51. The molecule has 10 heteroatoms. The summed E-state index contributed by atoms with van der Waals surface area (Å²) in [4.78, 5) is 39.6. The van der Waals surface area contributed by atoms with Crippen molar-refractivity contribution in [3.8, 4) is 0 Å². The zero-order valence-corrected chi connectivity index (χ0v) is 23.5. The summed E-state index contributed by atoms with van der Waals surface area (Å²) in [5.74, 6) is 1.38. The van der Waals surface area contributed by atoms with Crippen molar-refractivity contribution in [3.05, 3.63) is 18.2 Å². The van der Waals surface area contributed by atoms with E-state index in [-0.39, 0.29) is 35.0 Å². The Kier molecular flexibility index (Phi) is 14.8. The van der Waals surface area contributed by atoms with Crippen molar-refractivity contribution >= 4 is 15.2 Å². The lowest BCUT2D eigenvalue weighted by Crippen LogP contribution is -2.29. The van der Waals surface area contributed by atoms with E-state index in [1.54, 1.807) is 0 Å². The first-order valence-electron chi connectivity index (χ1n) is 11.1. The lowest BCUT2D eigenvalue weighted by molar-refractivity contribution is -0.677. The molecule has 0 radical (unpaired) electrons. The Morgan fingerprint density at radius 2 is 1.38 bits per heavy atom.